The number of piperazine rings is 1. The second kappa shape index (κ2) is 6.58. The number of benzene rings is 1. The first-order valence-electron chi connectivity index (χ1n) is 6.73. The second-order valence-corrected chi connectivity index (χ2v) is 5.05. The summed E-state index contributed by atoms with van der Waals surface area (Å²) in [6.07, 6.45) is 0. The molecule has 0 atom stereocenters. The van der Waals surface area contributed by atoms with Crippen LogP contribution >= 0.6 is 0 Å². The molecule has 6 heteroatoms. The average Bonchev–Trinajstić information content (AvgIpc) is 2.42. The minimum atomic E-state index is -1.04. The number of nitrogens with zero attached hydrogens (tertiary/aromatic N) is 2. The van der Waals surface area contributed by atoms with Gasteiger partial charge in [-0.3, -0.25) is 4.90 Å². The van der Waals surface area contributed by atoms with Crippen molar-refractivity contribution >= 4 is 11.7 Å². The van der Waals surface area contributed by atoms with Gasteiger partial charge in [0.1, 0.15) is 12.4 Å². The maximum absolute atomic E-state index is 11.0. The van der Waals surface area contributed by atoms with Gasteiger partial charge in [-0.25, -0.2) is 4.79 Å². The van der Waals surface area contributed by atoms with Crippen molar-refractivity contribution in [3.63, 3.8) is 0 Å². The van der Waals surface area contributed by atoms with Crippen molar-refractivity contribution in [2.45, 2.75) is 0 Å². The highest BCUT2D eigenvalue weighted by Gasteiger charge is 2.13. The highest BCUT2D eigenvalue weighted by molar-refractivity contribution is 5.94. The van der Waals surface area contributed by atoms with E-state index in [-0.39, 0.29) is 11.3 Å². The van der Waals surface area contributed by atoms with E-state index < -0.39 is 5.97 Å². The van der Waals surface area contributed by atoms with E-state index in [1.54, 1.807) is 12.1 Å². The zero-order valence-corrected chi connectivity index (χ0v) is 11.7. The van der Waals surface area contributed by atoms with Gasteiger partial charge >= 0.3 is 5.97 Å². The number of ether oxygens (including phenoxy) is 1. The number of hydrogen-bond donors (Lipinski definition) is 2. The lowest BCUT2D eigenvalue weighted by atomic mass is 10.2. The number of carboxylic acid groups (broad SMARTS) is 1. The molecular formula is C14H21N3O3. The van der Waals surface area contributed by atoms with Crippen LogP contribution in [0.3, 0.4) is 0 Å². The van der Waals surface area contributed by atoms with Gasteiger partial charge < -0.3 is 20.5 Å². The topological polar surface area (TPSA) is 79.0 Å². The van der Waals surface area contributed by atoms with Crippen LogP contribution in [-0.2, 0) is 0 Å². The predicted molar refractivity (Wildman–Crippen MR) is 77.2 cm³/mol. The van der Waals surface area contributed by atoms with Gasteiger partial charge in [-0.2, -0.15) is 0 Å². The van der Waals surface area contributed by atoms with E-state index >= 15 is 0 Å². The van der Waals surface area contributed by atoms with Crippen molar-refractivity contribution in [2.75, 3.05) is 52.1 Å². The second-order valence-electron chi connectivity index (χ2n) is 5.05. The number of carbonyl (C=O) groups is 1. The number of anilines is 1. The molecule has 0 saturated carbocycles. The molecule has 1 heterocycles. The maximum atomic E-state index is 11.0. The Hall–Kier alpha value is -1.79. The molecule has 1 aliphatic rings. The fraction of sp³-hybridized carbons (Fsp3) is 0.500. The third-order valence-corrected chi connectivity index (χ3v) is 3.53. The molecule has 0 amide bonds. The fourth-order valence-corrected chi connectivity index (χ4v) is 2.17. The van der Waals surface area contributed by atoms with Gasteiger partial charge in [0.15, 0.2) is 0 Å². The number of likely N-dealkylation sites (N-methyl/N-ethyl adjacent to an activating group) is 1. The molecule has 0 aliphatic carbocycles. The van der Waals surface area contributed by atoms with Gasteiger partial charge in [0.05, 0.1) is 5.56 Å². The largest absolute Gasteiger partial charge is 0.492 e. The number of nitrogens with two attached hydrogens (primary N) is 1. The Labute approximate surface area is 118 Å². The minimum absolute atomic E-state index is 0.0853. The van der Waals surface area contributed by atoms with Gasteiger partial charge in [0.2, 0.25) is 0 Å². The summed E-state index contributed by atoms with van der Waals surface area (Å²) in [6.45, 7) is 5.63. The molecule has 6 nitrogen and oxygen atoms in total. The fourth-order valence-electron chi connectivity index (χ4n) is 2.17. The Bertz CT molecular complexity index is 471. The summed E-state index contributed by atoms with van der Waals surface area (Å²) >= 11 is 0. The molecule has 1 aromatic rings. The van der Waals surface area contributed by atoms with Crippen LogP contribution in [0.5, 0.6) is 5.75 Å². The van der Waals surface area contributed by atoms with E-state index in [0.29, 0.717) is 12.4 Å². The molecule has 0 aromatic heterocycles. The SMILES string of the molecule is CN1CCN(CCOc2ccc(N)c(C(=O)O)c2)CC1. The Morgan fingerprint density at radius 1 is 1.35 bits per heavy atom. The van der Waals surface area contributed by atoms with E-state index in [1.807, 2.05) is 0 Å². The molecule has 1 fully saturated rings. The molecule has 0 radical (unpaired) electrons. The third kappa shape index (κ3) is 3.85. The summed E-state index contributed by atoms with van der Waals surface area (Å²) in [6, 6.07) is 4.74. The Morgan fingerprint density at radius 2 is 2.05 bits per heavy atom. The van der Waals surface area contributed by atoms with Crippen molar-refractivity contribution in [3.8, 4) is 5.75 Å². The first kappa shape index (κ1) is 14.6. The standard InChI is InChI=1S/C14H21N3O3/c1-16-4-6-17(7-5-16)8-9-20-11-2-3-13(15)12(10-11)14(18)19/h2-3,10H,4-9,15H2,1H3,(H,18,19). The molecule has 2 rings (SSSR count). The summed E-state index contributed by atoms with van der Waals surface area (Å²) in [5.74, 6) is -0.488. The van der Waals surface area contributed by atoms with Crippen LogP contribution in [0.25, 0.3) is 0 Å². The van der Waals surface area contributed by atoms with Crippen molar-refractivity contribution < 1.29 is 14.6 Å². The molecule has 0 bridgehead atoms. The summed E-state index contributed by atoms with van der Waals surface area (Å²) < 4.78 is 5.61. The van der Waals surface area contributed by atoms with Gasteiger partial charge in [-0.1, -0.05) is 0 Å². The van der Waals surface area contributed by atoms with E-state index in [0.717, 1.165) is 32.7 Å². The lowest BCUT2D eigenvalue weighted by Crippen LogP contribution is -2.45. The summed E-state index contributed by atoms with van der Waals surface area (Å²) in [7, 11) is 2.12. The summed E-state index contributed by atoms with van der Waals surface area (Å²) in [4.78, 5) is 15.6. The van der Waals surface area contributed by atoms with Crippen LogP contribution in [0.1, 0.15) is 10.4 Å². The van der Waals surface area contributed by atoms with Crippen LogP contribution in [0.15, 0.2) is 18.2 Å². The molecule has 0 unspecified atom stereocenters. The van der Waals surface area contributed by atoms with Gasteiger partial charge in [0, 0.05) is 38.4 Å². The van der Waals surface area contributed by atoms with Crippen LogP contribution in [-0.4, -0.2) is 67.3 Å². The lowest BCUT2D eigenvalue weighted by Gasteiger charge is -2.32. The Balaban J connectivity index is 1.82. The van der Waals surface area contributed by atoms with Crippen molar-refractivity contribution in [1.29, 1.82) is 0 Å². The van der Waals surface area contributed by atoms with Crippen LogP contribution in [0.2, 0.25) is 0 Å². The molecule has 3 N–H and O–H groups in total. The highest BCUT2D eigenvalue weighted by atomic mass is 16.5. The molecule has 110 valence electrons. The first-order chi connectivity index (χ1) is 9.56. The summed E-state index contributed by atoms with van der Waals surface area (Å²) in [5.41, 5.74) is 5.94. The monoisotopic (exact) mass is 279 g/mol. The number of hydrogen-bond acceptors (Lipinski definition) is 5. The number of nitrogen functional groups attached to an aromatic ring is 1. The molecule has 1 saturated heterocycles. The number of carboxylic acids is 1. The maximum Gasteiger partial charge on any atom is 0.337 e. The summed E-state index contributed by atoms with van der Waals surface area (Å²) in [5, 5.41) is 9.00. The van der Waals surface area contributed by atoms with Crippen molar-refractivity contribution in [3.05, 3.63) is 23.8 Å². The average molecular weight is 279 g/mol. The van der Waals surface area contributed by atoms with Gasteiger partial charge in [0.25, 0.3) is 0 Å². The zero-order valence-electron chi connectivity index (χ0n) is 11.7. The van der Waals surface area contributed by atoms with Crippen LogP contribution < -0.4 is 10.5 Å². The first-order valence-corrected chi connectivity index (χ1v) is 6.73. The van der Waals surface area contributed by atoms with Gasteiger partial charge in [-0.15, -0.1) is 0 Å². The highest BCUT2D eigenvalue weighted by Crippen LogP contribution is 2.19. The normalized spacial score (nSPS) is 17.1. The molecule has 1 aliphatic heterocycles. The molecule has 0 spiro atoms. The zero-order chi connectivity index (χ0) is 14.5. The number of aromatic carboxylic acids is 1. The van der Waals surface area contributed by atoms with Crippen LogP contribution in [0.4, 0.5) is 5.69 Å². The van der Waals surface area contributed by atoms with Crippen LogP contribution in [0, 0.1) is 0 Å². The molecular weight excluding hydrogens is 258 g/mol. The van der Waals surface area contributed by atoms with E-state index in [4.69, 9.17) is 15.6 Å². The smallest absolute Gasteiger partial charge is 0.337 e. The van der Waals surface area contributed by atoms with Gasteiger partial charge in [-0.05, 0) is 25.2 Å². The van der Waals surface area contributed by atoms with E-state index in [9.17, 15) is 4.79 Å². The number of rotatable bonds is 5. The quantitative estimate of drug-likeness (QED) is 0.768. The third-order valence-electron chi connectivity index (χ3n) is 3.53. The molecule has 20 heavy (non-hydrogen) atoms. The Morgan fingerprint density at radius 3 is 2.70 bits per heavy atom. The van der Waals surface area contributed by atoms with Crippen molar-refractivity contribution in [2.24, 2.45) is 0 Å². The lowest BCUT2D eigenvalue weighted by molar-refractivity contribution is 0.0697. The Kier molecular flexibility index (Phi) is 4.81. The van der Waals surface area contributed by atoms with Crippen molar-refractivity contribution in [1.82, 2.24) is 9.80 Å². The van der Waals surface area contributed by atoms with E-state index in [1.165, 1.54) is 6.07 Å². The molecule has 1 aromatic carbocycles. The van der Waals surface area contributed by atoms with E-state index in [2.05, 4.69) is 16.8 Å². The minimum Gasteiger partial charge on any atom is -0.492 e. The predicted octanol–water partition coefficient (Wildman–Crippen LogP) is 0.593.